The van der Waals surface area contributed by atoms with Crippen LogP contribution in [-0.2, 0) is 22.0 Å². The number of alkyl halides is 4. The first-order valence-corrected chi connectivity index (χ1v) is 12.9. The topological polar surface area (TPSA) is 89.6 Å². The van der Waals surface area contributed by atoms with Crippen LogP contribution in [-0.4, -0.2) is 42.3 Å². The fraction of sp³-hybridized carbons (Fsp3) is 0.417. The first-order valence-electron chi connectivity index (χ1n) is 10.6. The molecular weight excluding hydrogens is 542 g/mol. The van der Waals surface area contributed by atoms with E-state index in [1.54, 1.807) is 20.8 Å². The molecule has 2 N–H and O–H groups in total. The Morgan fingerprint density at radius 1 is 0.757 bits per heavy atom. The lowest BCUT2D eigenvalue weighted by molar-refractivity contribution is 0.0674. The molecule has 0 amide bonds. The number of benzene rings is 2. The highest BCUT2D eigenvalue weighted by Crippen LogP contribution is 2.18. The molecule has 208 valence electrons. The Kier molecular flexibility index (Phi) is 14.2. The fourth-order valence-corrected chi connectivity index (χ4v) is 2.51. The number of carbonyl (C=O) groups is 1. The van der Waals surface area contributed by atoms with Crippen molar-refractivity contribution in [1.82, 2.24) is 0 Å². The highest BCUT2D eigenvalue weighted by atomic mass is 32.2. The number of hydrogen-bond donors (Lipinski definition) is 1. The number of ketones is 1. The van der Waals surface area contributed by atoms with E-state index < -0.39 is 68.3 Å². The van der Waals surface area contributed by atoms with Crippen molar-refractivity contribution in [3.63, 3.8) is 0 Å². The van der Waals surface area contributed by atoms with Crippen LogP contribution in [0.5, 0.6) is 0 Å². The van der Waals surface area contributed by atoms with E-state index in [2.05, 4.69) is 4.40 Å². The molecule has 2 atom stereocenters. The van der Waals surface area contributed by atoms with Gasteiger partial charge in [-0.05, 0) is 65.8 Å². The van der Waals surface area contributed by atoms with Crippen molar-refractivity contribution in [3.05, 3.63) is 71.3 Å². The van der Waals surface area contributed by atoms with Gasteiger partial charge < -0.3 is 0 Å². The van der Waals surface area contributed by atoms with Crippen LogP contribution in [0.25, 0.3) is 0 Å². The second-order valence-electron chi connectivity index (χ2n) is 9.17. The largest absolute Gasteiger partial charge is 0.300 e. The standard InChI is InChI=1S/C12H14F3NOS.C8H5F3O.C4H11NOS/c1-12(2,3)18(17)16-10(11(14)15)8-6-4-5-7-9(8)13;9-6-4-2-1-3-5(6)7(12)8(10)11;1-4(2,3)7(5)6/h4-7,11H,1-3H3;1-4,8H;5H2,1-3H3/t18-;;7-/m1.1/s1. The van der Waals surface area contributed by atoms with Gasteiger partial charge in [-0.2, -0.15) is 4.40 Å². The molecule has 5 nitrogen and oxygen atoms in total. The van der Waals surface area contributed by atoms with Crippen molar-refractivity contribution < 1.29 is 39.6 Å². The molecule has 0 saturated heterocycles. The number of nitrogens with two attached hydrogens (primary N) is 1. The number of halogens is 6. The van der Waals surface area contributed by atoms with E-state index in [1.165, 1.54) is 30.3 Å². The molecule has 0 unspecified atom stereocenters. The number of Topliss-reactive ketones (excluding diaryl/α,β-unsaturated/α-hetero) is 1. The van der Waals surface area contributed by atoms with Crippen LogP contribution in [0, 0.1) is 11.6 Å². The van der Waals surface area contributed by atoms with E-state index >= 15 is 0 Å². The molecule has 2 aromatic carbocycles. The minimum absolute atomic E-state index is 0.250. The van der Waals surface area contributed by atoms with E-state index in [-0.39, 0.29) is 10.3 Å². The Bertz CT molecular complexity index is 1110. The molecule has 37 heavy (non-hydrogen) atoms. The van der Waals surface area contributed by atoms with Gasteiger partial charge in [-0.1, -0.05) is 24.3 Å². The van der Waals surface area contributed by atoms with Crippen LogP contribution >= 0.6 is 0 Å². The Morgan fingerprint density at radius 3 is 1.43 bits per heavy atom. The van der Waals surface area contributed by atoms with Gasteiger partial charge in [0.1, 0.15) is 28.3 Å². The van der Waals surface area contributed by atoms with Crippen LogP contribution in [0.15, 0.2) is 52.9 Å². The summed E-state index contributed by atoms with van der Waals surface area (Å²) in [4.78, 5) is 10.6. The summed E-state index contributed by atoms with van der Waals surface area (Å²) in [6.07, 6.45) is -6.13. The molecule has 0 fully saturated rings. The van der Waals surface area contributed by atoms with Crippen molar-refractivity contribution in [2.45, 2.75) is 63.9 Å². The Labute approximate surface area is 217 Å². The Hall–Kier alpha value is -2.38. The van der Waals surface area contributed by atoms with Gasteiger partial charge in [-0.15, -0.1) is 0 Å². The van der Waals surface area contributed by atoms with Crippen molar-refractivity contribution in [2.75, 3.05) is 0 Å². The molecule has 0 saturated carbocycles. The monoisotopic (exact) mass is 572 g/mol. The summed E-state index contributed by atoms with van der Waals surface area (Å²) in [6.45, 7) is 10.3. The smallest absolute Gasteiger partial charge is 0.288 e. The molecule has 2 rings (SSSR count). The zero-order chi connectivity index (χ0) is 29.1. The first kappa shape index (κ1) is 34.6. The maximum absolute atomic E-state index is 13.4. The third kappa shape index (κ3) is 12.6. The minimum Gasteiger partial charge on any atom is -0.288 e. The molecule has 0 radical (unpaired) electrons. The third-order valence-corrected chi connectivity index (χ3v) is 6.62. The third-order valence-electron chi connectivity index (χ3n) is 4.00. The average molecular weight is 573 g/mol. The van der Waals surface area contributed by atoms with Gasteiger partial charge in [-0.3, -0.25) is 9.93 Å². The Morgan fingerprint density at radius 2 is 1.14 bits per heavy atom. The lowest BCUT2D eigenvalue weighted by atomic mass is 10.1. The lowest BCUT2D eigenvalue weighted by Gasteiger charge is -2.15. The molecule has 0 bridgehead atoms. The second kappa shape index (κ2) is 15.1. The van der Waals surface area contributed by atoms with Gasteiger partial charge in [0.15, 0.2) is 0 Å². The Balaban J connectivity index is 0.000000586. The van der Waals surface area contributed by atoms with Crippen LogP contribution in [0.4, 0.5) is 26.3 Å². The molecule has 0 aliphatic heterocycles. The molecule has 0 spiro atoms. The summed E-state index contributed by atoms with van der Waals surface area (Å²) in [6, 6.07) is 9.74. The molecular formula is C24H30F6N2O3S2. The maximum Gasteiger partial charge on any atom is 0.300 e. The summed E-state index contributed by atoms with van der Waals surface area (Å²) in [5.41, 5.74) is -1.65. The van der Waals surface area contributed by atoms with E-state index in [0.717, 1.165) is 18.2 Å². The highest BCUT2D eigenvalue weighted by molar-refractivity contribution is 7.85. The molecule has 0 aliphatic carbocycles. The molecule has 13 heteroatoms. The van der Waals surface area contributed by atoms with Gasteiger partial charge in [0.25, 0.3) is 6.43 Å². The predicted octanol–water partition coefficient (Wildman–Crippen LogP) is 6.02. The van der Waals surface area contributed by atoms with Crippen molar-refractivity contribution in [2.24, 2.45) is 9.54 Å². The van der Waals surface area contributed by atoms with Gasteiger partial charge in [0, 0.05) is 5.56 Å². The van der Waals surface area contributed by atoms with E-state index in [1.807, 2.05) is 20.8 Å². The van der Waals surface area contributed by atoms with Gasteiger partial charge >= 0.3 is 6.43 Å². The van der Waals surface area contributed by atoms with E-state index in [4.69, 9.17) is 5.14 Å². The molecule has 0 aliphatic rings. The number of carbonyl (C=O) groups excluding carboxylic acids is 1. The summed E-state index contributed by atoms with van der Waals surface area (Å²) in [7, 11) is -3.04. The van der Waals surface area contributed by atoms with E-state index in [9.17, 15) is 39.6 Å². The lowest BCUT2D eigenvalue weighted by Crippen LogP contribution is -2.27. The normalized spacial score (nSPS) is 13.8. The van der Waals surface area contributed by atoms with Gasteiger partial charge in [0.2, 0.25) is 5.78 Å². The van der Waals surface area contributed by atoms with Crippen molar-refractivity contribution in [1.29, 1.82) is 0 Å². The highest BCUT2D eigenvalue weighted by Gasteiger charge is 2.25. The van der Waals surface area contributed by atoms with Crippen LogP contribution in [0.1, 0.15) is 57.5 Å². The van der Waals surface area contributed by atoms with Crippen molar-refractivity contribution >= 4 is 33.5 Å². The summed E-state index contributed by atoms with van der Waals surface area (Å²) in [5.74, 6) is -3.20. The van der Waals surface area contributed by atoms with Crippen molar-refractivity contribution in [3.8, 4) is 0 Å². The molecule has 0 heterocycles. The van der Waals surface area contributed by atoms with Crippen LogP contribution in [0.3, 0.4) is 0 Å². The quantitative estimate of drug-likeness (QED) is 0.270. The predicted molar refractivity (Wildman–Crippen MR) is 136 cm³/mol. The van der Waals surface area contributed by atoms with Gasteiger partial charge in [-0.25, -0.2) is 34.8 Å². The van der Waals surface area contributed by atoms with E-state index in [0.29, 0.717) is 0 Å². The number of nitrogens with zero attached hydrogens (tertiary/aromatic N) is 1. The maximum atomic E-state index is 13.4. The SMILES string of the molecule is CC(C)(C)[S@@](=O)N=C(c1ccccc1F)C(F)F.CC(C)(C)[S@](N)=O.O=C(c1ccccc1F)C(F)F. The summed E-state index contributed by atoms with van der Waals surface area (Å²) >= 11 is 0. The molecule has 0 aromatic heterocycles. The average Bonchev–Trinajstić information content (AvgIpc) is 2.77. The summed E-state index contributed by atoms with van der Waals surface area (Å²) < 4.78 is 99.9. The number of rotatable bonds is 5. The van der Waals surface area contributed by atoms with Gasteiger partial charge in [0.05, 0.1) is 26.0 Å². The first-order chi connectivity index (χ1) is 16.8. The van der Waals surface area contributed by atoms with Crippen LogP contribution < -0.4 is 5.14 Å². The minimum atomic E-state index is -3.15. The zero-order valence-corrected chi connectivity index (χ0v) is 22.7. The second-order valence-corrected chi connectivity index (χ2v) is 12.9. The summed E-state index contributed by atoms with van der Waals surface area (Å²) in [5, 5.41) is 5.04. The fourth-order valence-electron chi connectivity index (χ4n) is 1.88. The number of hydrogen-bond acceptors (Lipinski definition) is 3. The zero-order valence-electron chi connectivity index (χ0n) is 21.1. The molecule has 2 aromatic rings. The van der Waals surface area contributed by atoms with Crippen LogP contribution in [0.2, 0.25) is 0 Å².